The zero-order valence-corrected chi connectivity index (χ0v) is 11.9. The number of hydrogen-bond acceptors (Lipinski definition) is 4. The Labute approximate surface area is 119 Å². The summed E-state index contributed by atoms with van der Waals surface area (Å²) in [7, 11) is 1.26. The molecule has 0 spiro atoms. The first-order chi connectivity index (χ1) is 9.65. The van der Waals surface area contributed by atoms with Crippen molar-refractivity contribution in [3.05, 3.63) is 35.9 Å². The molecule has 0 aliphatic heterocycles. The lowest BCUT2D eigenvalue weighted by molar-refractivity contribution is -0.142. The minimum atomic E-state index is -0.531. The molecule has 0 aromatic heterocycles. The van der Waals surface area contributed by atoms with Crippen LogP contribution >= 0.6 is 0 Å². The van der Waals surface area contributed by atoms with Crippen LogP contribution in [0.4, 0.5) is 0 Å². The molecule has 0 bridgehead atoms. The first-order valence-corrected chi connectivity index (χ1v) is 6.66. The number of carbonyl (C=O) groups excluding carboxylic acids is 2. The van der Waals surface area contributed by atoms with E-state index >= 15 is 0 Å². The van der Waals surface area contributed by atoms with Crippen LogP contribution in [0.25, 0.3) is 6.08 Å². The Morgan fingerprint density at radius 1 is 1.30 bits per heavy atom. The Hall–Kier alpha value is -2.10. The highest BCUT2D eigenvalue weighted by Crippen LogP contribution is 2.15. The fourth-order valence-corrected chi connectivity index (χ4v) is 1.50. The topological polar surface area (TPSA) is 52.6 Å². The third kappa shape index (κ3) is 6.18. The van der Waals surface area contributed by atoms with Crippen LogP contribution in [0.1, 0.15) is 31.7 Å². The van der Waals surface area contributed by atoms with Gasteiger partial charge in [0.15, 0.2) is 5.78 Å². The molecule has 0 saturated carbocycles. The highest BCUT2D eigenvalue weighted by atomic mass is 16.5. The summed E-state index contributed by atoms with van der Waals surface area (Å²) in [6.07, 6.45) is 4.90. The van der Waals surface area contributed by atoms with Gasteiger partial charge < -0.3 is 9.47 Å². The quantitative estimate of drug-likeness (QED) is 0.317. The number of rotatable bonds is 8. The molecule has 0 heterocycles. The molecule has 0 unspecified atom stereocenters. The van der Waals surface area contributed by atoms with Gasteiger partial charge in [0, 0.05) is 0 Å². The van der Waals surface area contributed by atoms with Crippen molar-refractivity contribution >= 4 is 17.8 Å². The van der Waals surface area contributed by atoms with Gasteiger partial charge in [-0.1, -0.05) is 31.6 Å². The zero-order chi connectivity index (χ0) is 14.8. The maximum absolute atomic E-state index is 11.5. The normalized spacial score (nSPS) is 10.5. The molecule has 0 aliphatic rings. The van der Waals surface area contributed by atoms with Crippen LogP contribution in [0.2, 0.25) is 0 Å². The van der Waals surface area contributed by atoms with Gasteiger partial charge in [-0.05, 0) is 30.2 Å². The summed E-state index contributed by atoms with van der Waals surface area (Å²) in [5, 5.41) is 0. The number of esters is 1. The predicted molar refractivity (Wildman–Crippen MR) is 77.5 cm³/mol. The maximum atomic E-state index is 11.5. The second-order valence-corrected chi connectivity index (χ2v) is 4.33. The van der Waals surface area contributed by atoms with E-state index in [9.17, 15) is 9.59 Å². The van der Waals surface area contributed by atoms with Gasteiger partial charge in [-0.25, -0.2) is 0 Å². The summed E-state index contributed by atoms with van der Waals surface area (Å²) in [6.45, 7) is 2.79. The van der Waals surface area contributed by atoms with Gasteiger partial charge in [0.1, 0.15) is 12.2 Å². The van der Waals surface area contributed by atoms with Crippen LogP contribution in [0.15, 0.2) is 30.3 Å². The van der Waals surface area contributed by atoms with Crippen LogP contribution < -0.4 is 4.74 Å². The molecule has 0 saturated heterocycles. The average Bonchev–Trinajstić information content (AvgIpc) is 2.46. The molecular weight excluding hydrogens is 256 g/mol. The summed E-state index contributed by atoms with van der Waals surface area (Å²) < 4.78 is 10.0. The van der Waals surface area contributed by atoms with E-state index in [0.717, 1.165) is 24.2 Å². The number of hydrogen-bond donors (Lipinski definition) is 0. The molecule has 0 N–H and O–H groups in total. The number of methoxy groups -OCH3 is 1. The fraction of sp³-hybridized carbons (Fsp3) is 0.375. The van der Waals surface area contributed by atoms with E-state index in [1.54, 1.807) is 6.08 Å². The lowest BCUT2D eigenvalue weighted by Crippen LogP contribution is -2.06. The number of ether oxygens (including phenoxy) is 2. The Kier molecular flexibility index (Phi) is 7.11. The van der Waals surface area contributed by atoms with Gasteiger partial charge in [-0.15, -0.1) is 0 Å². The molecular formula is C16H20O4. The number of allylic oxidation sites excluding steroid dienone is 1. The van der Waals surface area contributed by atoms with Gasteiger partial charge in [0.25, 0.3) is 0 Å². The molecule has 4 heteroatoms. The van der Waals surface area contributed by atoms with Crippen molar-refractivity contribution in [1.82, 2.24) is 0 Å². The Balaban J connectivity index is 2.56. The van der Waals surface area contributed by atoms with Crippen molar-refractivity contribution in [3.63, 3.8) is 0 Å². The minimum Gasteiger partial charge on any atom is -0.494 e. The van der Waals surface area contributed by atoms with E-state index in [1.807, 2.05) is 24.3 Å². The van der Waals surface area contributed by atoms with Gasteiger partial charge in [-0.3, -0.25) is 9.59 Å². The van der Waals surface area contributed by atoms with Gasteiger partial charge in [0.05, 0.1) is 13.7 Å². The van der Waals surface area contributed by atoms with Crippen LogP contribution in [0, 0.1) is 0 Å². The van der Waals surface area contributed by atoms with Gasteiger partial charge in [0.2, 0.25) is 0 Å². The Morgan fingerprint density at radius 2 is 2.10 bits per heavy atom. The van der Waals surface area contributed by atoms with E-state index in [-0.39, 0.29) is 12.2 Å². The monoisotopic (exact) mass is 276 g/mol. The predicted octanol–water partition coefficient (Wildman–Crippen LogP) is 3.01. The lowest BCUT2D eigenvalue weighted by atomic mass is 10.1. The van der Waals surface area contributed by atoms with Crippen LogP contribution in [-0.2, 0) is 14.3 Å². The number of carbonyl (C=O) groups is 2. The molecule has 108 valence electrons. The summed E-state index contributed by atoms with van der Waals surface area (Å²) in [6, 6.07) is 7.47. The Bertz CT molecular complexity index is 477. The third-order valence-corrected chi connectivity index (χ3v) is 2.63. The summed E-state index contributed by atoms with van der Waals surface area (Å²) in [5.74, 6) is -0.0357. The molecule has 4 nitrogen and oxygen atoms in total. The molecule has 0 atom stereocenters. The largest absolute Gasteiger partial charge is 0.494 e. The molecule has 0 fully saturated rings. The standard InChI is InChI=1S/C16H20O4/c1-3-4-10-20-15-7-5-6-13(11-15)8-9-14(17)12-16(18)19-2/h5-9,11H,3-4,10,12H2,1-2H3. The molecule has 0 amide bonds. The second kappa shape index (κ2) is 8.91. The fourth-order valence-electron chi connectivity index (χ4n) is 1.50. The zero-order valence-electron chi connectivity index (χ0n) is 11.9. The highest BCUT2D eigenvalue weighted by molar-refractivity contribution is 6.03. The van der Waals surface area contributed by atoms with E-state index in [1.165, 1.54) is 13.2 Å². The first-order valence-electron chi connectivity index (χ1n) is 6.66. The summed E-state index contributed by atoms with van der Waals surface area (Å²) >= 11 is 0. The molecule has 1 aromatic rings. The van der Waals surface area contributed by atoms with E-state index in [2.05, 4.69) is 11.7 Å². The van der Waals surface area contributed by atoms with Gasteiger partial charge >= 0.3 is 5.97 Å². The SMILES string of the molecule is CCCCOc1cccc(C=CC(=O)CC(=O)OC)c1. The van der Waals surface area contributed by atoms with Crippen molar-refractivity contribution in [2.45, 2.75) is 26.2 Å². The van der Waals surface area contributed by atoms with E-state index < -0.39 is 5.97 Å². The van der Waals surface area contributed by atoms with Gasteiger partial charge in [-0.2, -0.15) is 0 Å². The highest BCUT2D eigenvalue weighted by Gasteiger charge is 2.05. The van der Waals surface area contributed by atoms with E-state index in [4.69, 9.17) is 4.74 Å². The van der Waals surface area contributed by atoms with Crippen molar-refractivity contribution in [2.24, 2.45) is 0 Å². The molecule has 1 aromatic carbocycles. The van der Waals surface area contributed by atoms with Crippen molar-refractivity contribution < 1.29 is 19.1 Å². The second-order valence-electron chi connectivity index (χ2n) is 4.33. The number of benzene rings is 1. The third-order valence-electron chi connectivity index (χ3n) is 2.63. The summed E-state index contributed by atoms with van der Waals surface area (Å²) in [4.78, 5) is 22.4. The van der Waals surface area contributed by atoms with Crippen molar-refractivity contribution in [3.8, 4) is 5.75 Å². The smallest absolute Gasteiger partial charge is 0.313 e. The van der Waals surface area contributed by atoms with E-state index in [0.29, 0.717) is 6.61 Å². The van der Waals surface area contributed by atoms with Crippen molar-refractivity contribution in [1.29, 1.82) is 0 Å². The molecule has 0 radical (unpaired) electrons. The van der Waals surface area contributed by atoms with Crippen molar-refractivity contribution in [2.75, 3.05) is 13.7 Å². The molecule has 0 aliphatic carbocycles. The average molecular weight is 276 g/mol. The minimum absolute atomic E-state index is 0.236. The first kappa shape index (κ1) is 16.0. The maximum Gasteiger partial charge on any atom is 0.313 e. The van der Waals surface area contributed by atoms with Crippen LogP contribution in [0.5, 0.6) is 5.75 Å². The van der Waals surface area contributed by atoms with Crippen LogP contribution in [0.3, 0.4) is 0 Å². The summed E-state index contributed by atoms with van der Waals surface area (Å²) in [5.41, 5.74) is 0.859. The number of unbranched alkanes of at least 4 members (excludes halogenated alkanes) is 1. The molecule has 1 rings (SSSR count). The lowest BCUT2D eigenvalue weighted by Gasteiger charge is -2.05. The number of ketones is 1. The Morgan fingerprint density at radius 3 is 2.80 bits per heavy atom. The molecule has 20 heavy (non-hydrogen) atoms. The van der Waals surface area contributed by atoms with Crippen LogP contribution in [-0.4, -0.2) is 25.5 Å².